The van der Waals surface area contributed by atoms with Gasteiger partial charge in [0.1, 0.15) is 6.33 Å². The number of amides is 1. The molecule has 0 fully saturated rings. The van der Waals surface area contributed by atoms with E-state index in [4.69, 9.17) is 0 Å². The van der Waals surface area contributed by atoms with Gasteiger partial charge in [0.05, 0.1) is 23.4 Å². The van der Waals surface area contributed by atoms with Crippen LogP contribution >= 0.6 is 0 Å². The Labute approximate surface area is 175 Å². The highest BCUT2D eigenvalue weighted by atomic mass is 19.2. The lowest BCUT2D eigenvalue weighted by atomic mass is 9.99. The van der Waals surface area contributed by atoms with E-state index in [1.165, 1.54) is 11.0 Å². The molecule has 31 heavy (non-hydrogen) atoms. The third-order valence-electron chi connectivity index (χ3n) is 5.50. The average Bonchev–Trinajstić information content (AvgIpc) is 3.11. The van der Waals surface area contributed by atoms with E-state index in [0.717, 1.165) is 23.1 Å². The molecule has 2 aromatic heterocycles. The van der Waals surface area contributed by atoms with Gasteiger partial charge in [-0.3, -0.25) is 9.48 Å². The van der Waals surface area contributed by atoms with Gasteiger partial charge in [0.2, 0.25) is 0 Å². The number of carbonyl (C=O) groups is 1. The van der Waals surface area contributed by atoms with Crippen LogP contribution in [0.4, 0.5) is 13.2 Å². The van der Waals surface area contributed by atoms with E-state index in [9.17, 15) is 18.0 Å². The van der Waals surface area contributed by atoms with Gasteiger partial charge >= 0.3 is 0 Å². The van der Waals surface area contributed by atoms with E-state index in [0.29, 0.717) is 35.4 Å². The number of rotatable bonds is 2. The molecule has 0 radical (unpaired) electrons. The number of carbonyl (C=O) groups excluding carboxylic acids is 1. The summed E-state index contributed by atoms with van der Waals surface area (Å²) in [5, 5.41) is 5.29. The van der Waals surface area contributed by atoms with Gasteiger partial charge < -0.3 is 4.90 Å². The van der Waals surface area contributed by atoms with Crippen molar-refractivity contribution in [2.75, 3.05) is 6.54 Å². The predicted octanol–water partition coefficient (Wildman–Crippen LogP) is 3.65. The van der Waals surface area contributed by atoms with Gasteiger partial charge in [0, 0.05) is 41.9 Å². The van der Waals surface area contributed by atoms with Crippen LogP contribution in [0.2, 0.25) is 0 Å². The van der Waals surface area contributed by atoms with Gasteiger partial charge in [-0.1, -0.05) is 6.07 Å². The van der Waals surface area contributed by atoms with Crippen LogP contribution in [-0.2, 0) is 20.0 Å². The maximum absolute atomic E-state index is 13.8. The highest BCUT2D eigenvalue weighted by molar-refractivity contribution is 5.97. The third kappa shape index (κ3) is 3.22. The van der Waals surface area contributed by atoms with Crippen LogP contribution in [0, 0.1) is 17.5 Å². The second-order valence-electron chi connectivity index (χ2n) is 7.42. The van der Waals surface area contributed by atoms with Crippen molar-refractivity contribution in [2.24, 2.45) is 7.05 Å². The minimum Gasteiger partial charge on any atom is -0.332 e. The van der Waals surface area contributed by atoms with Gasteiger partial charge in [-0.25, -0.2) is 23.1 Å². The zero-order valence-corrected chi connectivity index (χ0v) is 16.4. The number of benzene rings is 2. The Bertz CT molecular complexity index is 1330. The van der Waals surface area contributed by atoms with E-state index in [2.05, 4.69) is 15.1 Å². The molecule has 1 aliphatic rings. The van der Waals surface area contributed by atoms with E-state index < -0.39 is 17.5 Å². The number of hydrogen-bond acceptors (Lipinski definition) is 4. The number of aromatic nitrogens is 4. The highest BCUT2D eigenvalue weighted by Crippen LogP contribution is 2.32. The Hall–Kier alpha value is -3.75. The topological polar surface area (TPSA) is 63.9 Å². The molecule has 9 heteroatoms. The van der Waals surface area contributed by atoms with Crippen LogP contribution < -0.4 is 0 Å². The van der Waals surface area contributed by atoms with Gasteiger partial charge in [-0.15, -0.1) is 0 Å². The first-order valence-electron chi connectivity index (χ1n) is 9.61. The lowest BCUT2D eigenvalue weighted by molar-refractivity contribution is 0.0732. The molecule has 0 aliphatic carbocycles. The van der Waals surface area contributed by atoms with Gasteiger partial charge in [-0.2, -0.15) is 5.10 Å². The minimum absolute atomic E-state index is 0.155. The second kappa shape index (κ2) is 7.19. The Morgan fingerprint density at radius 1 is 1.10 bits per heavy atom. The quantitative estimate of drug-likeness (QED) is 0.462. The molecule has 1 aliphatic heterocycles. The Morgan fingerprint density at radius 2 is 1.87 bits per heavy atom. The molecule has 1 amide bonds. The largest absolute Gasteiger partial charge is 0.332 e. The van der Waals surface area contributed by atoms with Crippen molar-refractivity contribution in [1.82, 2.24) is 24.6 Å². The summed E-state index contributed by atoms with van der Waals surface area (Å²) >= 11 is 0. The van der Waals surface area contributed by atoms with E-state index in [-0.39, 0.29) is 18.0 Å². The smallest absolute Gasteiger partial charge is 0.254 e. The number of aryl methyl sites for hydroxylation is 1. The summed E-state index contributed by atoms with van der Waals surface area (Å²) in [5.74, 6) is -4.16. The molecule has 0 saturated heterocycles. The normalized spacial score (nSPS) is 13.5. The van der Waals surface area contributed by atoms with Crippen molar-refractivity contribution in [3.8, 4) is 11.3 Å². The number of nitrogens with zero attached hydrogens (tertiary/aromatic N) is 5. The Morgan fingerprint density at radius 3 is 2.65 bits per heavy atom. The summed E-state index contributed by atoms with van der Waals surface area (Å²) in [6, 6.07) is 7.18. The standard InChI is InChI=1S/C22H16F3N5O/c1-29-21(14-6-16(23)20(25)17(24)7-14)15-4-5-30(10-19(15)28-29)22(31)12-2-3-13-9-26-11-27-18(13)8-12/h2-3,6-9,11H,4-5,10H2,1H3. The van der Waals surface area contributed by atoms with Gasteiger partial charge in [0.15, 0.2) is 17.5 Å². The van der Waals surface area contributed by atoms with Crippen LogP contribution in [0.15, 0.2) is 42.9 Å². The second-order valence-corrected chi connectivity index (χ2v) is 7.42. The zero-order chi connectivity index (χ0) is 21.7. The Kier molecular flexibility index (Phi) is 4.46. The zero-order valence-electron chi connectivity index (χ0n) is 16.4. The lowest BCUT2D eigenvalue weighted by Crippen LogP contribution is -2.36. The summed E-state index contributed by atoms with van der Waals surface area (Å²) < 4.78 is 42.4. The summed E-state index contributed by atoms with van der Waals surface area (Å²) in [7, 11) is 1.65. The fourth-order valence-electron chi connectivity index (χ4n) is 4.04. The summed E-state index contributed by atoms with van der Waals surface area (Å²) in [4.78, 5) is 22.9. The van der Waals surface area contributed by atoms with Gasteiger partial charge in [0.25, 0.3) is 5.91 Å². The average molecular weight is 423 g/mol. The van der Waals surface area contributed by atoms with Gasteiger partial charge in [-0.05, 0) is 30.7 Å². The molecule has 0 bridgehead atoms. The molecule has 156 valence electrons. The van der Waals surface area contributed by atoms with Crippen molar-refractivity contribution in [2.45, 2.75) is 13.0 Å². The predicted molar refractivity (Wildman–Crippen MR) is 107 cm³/mol. The molecule has 0 saturated carbocycles. The van der Waals surface area contributed by atoms with Crippen LogP contribution in [0.5, 0.6) is 0 Å². The van der Waals surface area contributed by atoms with Crippen molar-refractivity contribution >= 4 is 16.8 Å². The highest BCUT2D eigenvalue weighted by Gasteiger charge is 2.28. The van der Waals surface area contributed by atoms with E-state index in [1.54, 1.807) is 36.3 Å². The monoisotopic (exact) mass is 423 g/mol. The molecular weight excluding hydrogens is 407 g/mol. The third-order valence-corrected chi connectivity index (χ3v) is 5.50. The fourth-order valence-corrected chi connectivity index (χ4v) is 4.04. The first-order chi connectivity index (χ1) is 14.9. The minimum atomic E-state index is -1.50. The number of fused-ring (bicyclic) bond motifs is 2. The lowest BCUT2D eigenvalue weighted by Gasteiger charge is -2.26. The SMILES string of the molecule is Cn1nc2c(c1-c1cc(F)c(F)c(F)c1)CCN(C(=O)c1ccc3cncnc3c1)C2. The summed E-state index contributed by atoms with van der Waals surface area (Å²) in [6.07, 6.45) is 3.57. The van der Waals surface area contributed by atoms with Crippen molar-refractivity contribution in [1.29, 1.82) is 0 Å². The molecule has 6 nitrogen and oxygen atoms in total. The van der Waals surface area contributed by atoms with Crippen LogP contribution in [-0.4, -0.2) is 37.1 Å². The molecule has 5 rings (SSSR count). The van der Waals surface area contributed by atoms with Crippen LogP contribution in [0.25, 0.3) is 22.2 Å². The Balaban J connectivity index is 1.46. The first-order valence-corrected chi connectivity index (χ1v) is 9.61. The van der Waals surface area contributed by atoms with Crippen molar-refractivity contribution < 1.29 is 18.0 Å². The van der Waals surface area contributed by atoms with Crippen LogP contribution in [0.1, 0.15) is 21.6 Å². The molecule has 2 aromatic carbocycles. The van der Waals surface area contributed by atoms with Crippen molar-refractivity contribution in [3.05, 3.63) is 77.1 Å². The molecular formula is C22H16F3N5O. The molecule has 4 aromatic rings. The number of halogens is 3. The van der Waals surface area contributed by atoms with E-state index >= 15 is 0 Å². The summed E-state index contributed by atoms with van der Waals surface area (Å²) in [5.41, 5.74) is 3.35. The fraction of sp³-hybridized carbons (Fsp3) is 0.182. The molecule has 3 heterocycles. The molecule has 0 N–H and O–H groups in total. The maximum atomic E-state index is 13.8. The molecule has 0 atom stereocenters. The van der Waals surface area contributed by atoms with Crippen molar-refractivity contribution in [3.63, 3.8) is 0 Å². The van der Waals surface area contributed by atoms with E-state index in [1.807, 2.05) is 0 Å². The maximum Gasteiger partial charge on any atom is 0.254 e. The summed E-state index contributed by atoms with van der Waals surface area (Å²) in [6.45, 7) is 0.675. The molecule has 0 spiro atoms. The molecule has 0 unspecified atom stereocenters. The van der Waals surface area contributed by atoms with Crippen LogP contribution in [0.3, 0.4) is 0 Å². The number of hydrogen-bond donors (Lipinski definition) is 0. The first kappa shape index (κ1) is 19.2.